The predicted molar refractivity (Wildman–Crippen MR) is 112 cm³/mol. The van der Waals surface area contributed by atoms with Gasteiger partial charge in [0.2, 0.25) is 0 Å². The molecule has 1 saturated heterocycles. The number of hydrogen-bond acceptors (Lipinski definition) is 3. The molecule has 1 fully saturated rings. The van der Waals surface area contributed by atoms with Crippen molar-refractivity contribution < 1.29 is 9.53 Å². The first kappa shape index (κ1) is 19.0. The third-order valence-electron chi connectivity index (χ3n) is 5.66. The summed E-state index contributed by atoms with van der Waals surface area (Å²) in [5, 5.41) is 3.51. The molecule has 1 amide bonds. The first-order valence-electron chi connectivity index (χ1n) is 10.4. The number of nitrogens with zero attached hydrogens (tertiary/aromatic N) is 1. The molecule has 2 aromatic rings. The fourth-order valence-electron chi connectivity index (χ4n) is 4.20. The molecule has 0 unspecified atom stereocenters. The van der Waals surface area contributed by atoms with E-state index in [1.807, 2.05) is 17.0 Å². The molecule has 4 heteroatoms. The second kappa shape index (κ2) is 7.96. The average molecular weight is 379 g/mol. The average Bonchev–Trinajstić information content (AvgIpc) is 3.03. The third kappa shape index (κ3) is 4.22. The SMILES string of the molecule is CC1(C)Cc2cccc(CNCc3ccc(C(=O)N4CCCCC4)cc3)c2O1. The van der Waals surface area contributed by atoms with E-state index in [1.165, 1.54) is 23.1 Å². The number of para-hydroxylation sites is 1. The van der Waals surface area contributed by atoms with E-state index in [9.17, 15) is 4.79 Å². The minimum absolute atomic E-state index is 0.116. The lowest BCUT2D eigenvalue weighted by atomic mass is 10.0. The van der Waals surface area contributed by atoms with Gasteiger partial charge in [0.05, 0.1) is 0 Å². The Morgan fingerprint density at radius 2 is 1.79 bits per heavy atom. The molecule has 0 bridgehead atoms. The Labute approximate surface area is 167 Å². The molecule has 0 spiro atoms. The zero-order valence-electron chi connectivity index (χ0n) is 17.0. The van der Waals surface area contributed by atoms with Crippen LogP contribution >= 0.6 is 0 Å². The van der Waals surface area contributed by atoms with E-state index in [1.54, 1.807) is 0 Å². The number of rotatable bonds is 5. The molecule has 2 aliphatic heterocycles. The number of likely N-dealkylation sites (tertiary alicyclic amines) is 1. The zero-order chi connectivity index (χ0) is 19.6. The van der Waals surface area contributed by atoms with Crippen LogP contribution in [-0.4, -0.2) is 29.5 Å². The van der Waals surface area contributed by atoms with Gasteiger partial charge in [-0.2, -0.15) is 0 Å². The molecule has 4 nitrogen and oxygen atoms in total. The van der Waals surface area contributed by atoms with Gasteiger partial charge in [-0.3, -0.25) is 4.79 Å². The third-order valence-corrected chi connectivity index (χ3v) is 5.66. The van der Waals surface area contributed by atoms with Gasteiger partial charge in [-0.25, -0.2) is 0 Å². The minimum atomic E-state index is -0.116. The predicted octanol–water partition coefficient (Wildman–Crippen LogP) is 4.32. The summed E-state index contributed by atoms with van der Waals surface area (Å²) in [6, 6.07) is 14.4. The molecule has 0 atom stereocenters. The normalized spacial score (nSPS) is 17.9. The second-order valence-electron chi connectivity index (χ2n) is 8.60. The Morgan fingerprint density at radius 1 is 1.04 bits per heavy atom. The van der Waals surface area contributed by atoms with Crippen LogP contribution < -0.4 is 10.1 Å². The van der Waals surface area contributed by atoms with Crippen molar-refractivity contribution >= 4 is 5.91 Å². The van der Waals surface area contributed by atoms with E-state index in [0.717, 1.165) is 56.8 Å². The highest BCUT2D eigenvalue weighted by Gasteiger charge is 2.31. The standard InChI is InChI=1S/C24H30N2O2/c1-24(2)15-20-7-6-8-21(22(20)28-24)17-25-16-18-9-11-19(12-10-18)23(27)26-13-4-3-5-14-26/h6-12,25H,3-5,13-17H2,1-2H3. The van der Waals surface area contributed by atoms with E-state index >= 15 is 0 Å². The van der Waals surface area contributed by atoms with E-state index in [-0.39, 0.29) is 11.5 Å². The van der Waals surface area contributed by atoms with E-state index in [2.05, 4.69) is 49.5 Å². The molecule has 28 heavy (non-hydrogen) atoms. The van der Waals surface area contributed by atoms with Gasteiger partial charge in [-0.15, -0.1) is 0 Å². The zero-order valence-corrected chi connectivity index (χ0v) is 17.0. The number of carbonyl (C=O) groups is 1. The summed E-state index contributed by atoms with van der Waals surface area (Å²) < 4.78 is 6.15. The molecule has 4 rings (SSSR count). The Hall–Kier alpha value is -2.33. The number of carbonyl (C=O) groups excluding carboxylic acids is 1. The fraction of sp³-hybridized carbons (Fsp3) is 0.458. The number of fused-ring (bicyclic) bond motifs is 1. The minimum Gasteiger partial charge on any atom is -0.487 e. The number of benzene rings is 2. The van der Waals surface area contributed by atoms with Gasteiger partial charge in [-0.1, -0.05) is 30.3 Å². The molecule has 148 valence electrons. The molecule has 2 aromatic carbocycles. The van der Waals surface area contributed by atoms with Crippen LogP contribution in [0.5, 0.6) is 5.75 Å². The maximum absolute atomic E-state index is 12.6. The molecule has 0 aromatic heterocycles. The van der Waals surface area contributed by atoms with Gasteiger partial charge in [0.15, 0.2) is 0 Å². The molecule has 1 N–H and O–H groups in total. The molecule has 0 aliphatic carbocycles. The highest BCUT2D eigenvalue weighted by molar-refractivity contribution is 5.94. The van der Waals surface area contributed by atoms with Gasteiger partial charge in [-0.05, 0) is 56.4 Å². The van der Waals surface area contributed by atoms with Crippen molar-refractivity contribution in [3.05, 3.63) is 64.7 Å². The summed E-state index contributed by atoms with van der Waals surface area (Å²) in [4.78, 5) is 14.5. The van der Waals surface area contributed by atoms with Crippen molar-refractivity contribution in [1.29, 1.82) is 0 Å². The van der Waals surface area contributed by atoms with Crippen molar-refractivity contribution in [3.8, 4) is 5.75 Å². The van der Waals surface area contributed by atoms with Gasteiger partial charge < -0.3 is 15.0 Å². The highest BCUT2D eigenvalue weighted by atomic mass is 16.5. The summed E-state index contributed by atoms with van der Waals surface area (Å²) in [5.41, 5.74) is 4.37. The van der Waals surface area contributed by atoms with Gasteiger partial charge in [0.1, 0.15) is 11.4 Å². The molecule has 0 radical (unpaired) electrons. The van der Waals surface area contributed by atoms with Crippen LogP contribution in [0.2, 0.25) is 0 Å². The molecule has 2 heterocycles. The van der Waals surface area contributed by atoms with Crippen molar-refractivity contribution in [2.24, 2.45) is 0 Å². The monoisotopic (exact) mass is 378 g/mol. The number of nitrogens with one attached hydrogen (secondary N) is 1. The quantitative estimate of drug-likeness (QED) is 0.843. The van der Waals surface area contributed by atoms with Crippen LogP contribution in [0, 0.1) is 0 Å². The van der Waals surface area contributed by atoms with E-state index in [0.29, 0.717) is 0 Å². The van der Waals surface area contributed by atoms with Gasteiger partial charge >= 0.3 is 0 Å². The summed E-state index contributed by atoms with van der Waals surface area (Å²) in [5.74, 6) is 1.21. The highest BCUT2D eigenvalue weighted by Crippen LogP contribution is 2.37. The van der Waals surface area contributed by atoms with E-state index < -0.39 is 0 Å². The Morgan fingerprint density at radius 3 is 2.54 bits per heavy atom. The largest absolute Gasteiger partial charge is 0.487 e. The molecular weight excluding hydrogens is 348 g/mol. The van der Waals surface area contributed by atoms with Crippen LogP contribution in [0.4, 0.5) is 0 Å². The van der Waals surface area contributed by atoms with Gasteiger partial charge in [0.25, 0.3) is 5.91 Å². The summed E-state index contributed by atoms with van der Waals surface area (Å²) in [6.07, 6.45) is 4.44. The Bertz CT molecular complexity index is 836. The van der Waals surface area contributed by atoms with Crippen LogP contribution in [0.15, 0.2) is 42.5 Å². The first-order chi connectivity index (χ1) is 13.5. The number of amides is 1. The lowest BCUT2D eigenvalue weighted by Gasteiger charge is -2.26. The Kier molecular flexibility index (Phi) is 5.40. The maximum Gasteiger partial charge on any atom is 0.253 e. The lowest BCUT2D eigenvalue weighted by molar-refractivity contribution is 0.0724. The number of ether oxygens (including phenoxy) is 1. The summed E-state index contributed by atoms with van der Waals surface area (Å²) in [6.45, 7) is 7.59. The second-order valence-corrected chi connectivity index (χ2v) is 8.60. The van der Waals surface area contributed by atoms with Crippen molar-refractivity contribution in [2.75, 3.05) is 13.1 Å². The summed E-state index contributed by atoms with van der Waals surface area (Å²) >= 11 is 0. The Balaban J connectivity index is 1.33. The number of piperidine rings is 1. The van der Waals surface area contributed by atoms with E-state index in [4.69, 9.17) is 4.74 Å². The van der Waals surface area contributed by atoms with Crippen molar-refractivity contribution in [3.63, 3.8) is 0 Å². The van der Waals surface area contributed by atoms with Crippen LogP contribution in [-0.2, 0) is 19.5 Å². The summed E-state index contributed by atoms with van der Waals surface area (Å²) in [7, 11) is 0. The maximum atomic E-state index is 12.6. The van der Waals surface area contributed by atoms with Crippen molar-refractivity contribution in [2.45, 2.75) is 58.2 Å². The first-order valence-corrected chi connectivity index (χ1v) is 10.4. The topological polar surface area (TPSA) is 41.6 Å². The molecule has 0 saturated carbocycles. The van der Waals surface area contributed by atoms with Crippen LogP contribution in [0.3, 0.4) is 0 Å². The fourth-order valence-corrected chi connectivity index (χ4v) is 4.20. The van der Waals surface area contributed by atoms with Crippen molar-refractivity contribution in [1.82, 2.24) is 10.2 Å². The molecular formula is C24H30N2O2. The van der Waals surface area contributed by atoms with Crippen LogP contribution in [0.25, 0.3) is 0 Å². The lowest BCUT2D eigenvalue weighted by Crippen LogP contribution is -2.35. The number of hydrogen-bond donors (Lipinski definition) is 1. The van der Waals surface area contributed by atoms with Crippen LogP contribution in [0.1, 0.15) is 60.2 Å². The van der Waals surface area contributed by atoms with Gasteiger partial charge in [0, 0.05) is 43.7 Å². The molecule has 2 aliphatic rings. The smallest absolute Gasteiger partial charge is 0.253 e.